The van der Waals surface area contributed by atoms with Crippen LogP contribution in [-0.4, -0.2) is 27.2 Å². The number of rotatable bonds is 5. The van der Waals surface area contributed by atoms with Gasteiger partial charge in [-0.2, -0.15) is 0 Å². The van der Waals surface area contributed by atoms with Gasteiger partial charge in [0.25, 0.3) is 0 Å². The smallest absolute Gasteiger partial charge is 0.147 e. The third-order valence-corrected chi connectivity index (χ3v) is 4.55. The summed E-state index contributed by atoms with van der Waals surface area (Å²) < 4.78 is 0. The van der Waals surface area contributed by atoms with Crippen molar-refractivity contribution in [3.8, 4) is 10.6 Å². The zero-order chi connectivity index (χ0) is 12.1. The third-order valence-electron chi connectivity index (χ3n) is 2.24. The van der Waals surface area contributed by atoms with Gasteiger partial charge in [0.1, 0.15) is 10.0 Å². The molecule has 0 spiro atoms. The normalized spacial score (nSPS) is 12.6. The summed E-state index contributed by atoms with van der Waals surface area (Å²) in [4.78, 5) is 0. The lowest BCUT2D eigenvalue weighted by Gasteiger charge is -2.03. The van der Waals surface area contributed by atoms with E-state index in [0.717, 1.165) is 21.3 Å². The Bertz CT molecular complexity index is 459. The Hall–Kier alpha value is -0.910. The van der Waals surface area contributed by atoms with Crippen molar-refractivity contribution < 1.29 is 5.11 Å². The van der Waals surface area contributed by atoms with Gasteiger partial charge in [-0.25, -0.2) is 0 Å². The standard InChI is InChI=1S/C12H14N2OS2/c1-9(7-15)16-8-11-13-14-12(17-11)10-5-3-2-4-6-10/h2-6,9,15H,7-8H2,1H3/t9-/m1/s1. The molecular weight excluding hydrogens is 252 g/mol. The molecule has 0 aliphatic carbocycles. The zero-order valence-electron chi connectivity index (χ0n) is 9.54. The predicted molar refractivity (Wildman–Crippen MR) is 73.2 cm³/mol. The Morgan fingerprint density at radius 2 is 2.06 bits per heavy atom. The Labute approximate surface area is 109 Å². The molecule has 2 rings (SSSR count). The highest BCUT2D eigenvalue weighted by Gasteiger charge is 2.08. The second-order valence-corrected chi connectivity index (χ2v) is 6.16. The number of aliphatic hydroxyl groups excluding tert-OH is 1. The van der Waals surface area contributed by atoms with Crippen LogP contribution in [0.25, 0.3) is 10.6 Å². The van der Waals surface area contributed by atoms with E-state index in [-0.39, 0.29) is 11.9 Å². The maximum atomic E-state index is 8.94. The van der Waals surface area contributed by atoms with Crippen molar-refractivity contribution in [1.29, 1.82) is 0 Å². The van der Waals surface area contributed by atoms with Crippen molar-refractivity contribution >= 4 is 23.1 Å². The molecule has 0 bridgehead atoms. The quantitative estimate of drug-likeness (QED) is 0.904. The second-order valence-electron chi connectivity index (χ2n) is 3.67. The second kappa shape index (κ2) is 6.14. The molecule has 1 heterocycles. The van der Waals surface area contributed by atoms with Gasteiger partial charge >= 0.3 is 0 Å². The van der Waals surface area contributed by atoms with E-state index in [4.69, 9.17) is 5.11 Å². The number of hydrogen-bond acceptors (Lipinski definition) is 5. The number of hydrogen-bond donors (Lipinski definition) is 1. The van der Waals surface area contributed by atoms with Gasteiger partial charge in [-0.3, -0.25) is 0 Å². The summed E-state index contributed by atoms with van der Waals surface area (Å²) >= 11 is 3.31. The average Bonchev–Trinajstić information content (AvgIpc) is 2.86. The zero-order valence-corrected chi connectivity index (χ0v) is 11.2. The average molecular weight is 266 g/mol. The van der Waals surface area contributed by atoms with Crippen LogP contribution in [0.4, 0.5) is 0 Å². The van der Waals surface area contributed by atoms with Crippen LogP contribution in [0, 0.1) is 0 Å². The Balaban J connectivity index is 2.01. The fraction of sp³-hybridized carbons (Fsp3) is 0.333. The van der Waals surface area contributed by atoms with Crippen LogP contribution in [0.15, 0.2) is 30.3 Å². The predicted octanol–water partition coefficient (Wildman–Crippen LogP) is 2.82. The van der Waals surface area contributed by atoms with Gasteiger partial charge in [-0.15, -0.1) is 22.0 Å². The monoisotopic (exact) mass is 266 g/mol. The van der Waals surface area contributed by atoms with Gasteiger partial charge < -0.3 is 5.11 Å². The highest BCUT2D eigenvalue weighted by Crippen LogP contribution is 2.26. The summed E-state index contributed by atoms with van der Waals surface area (Å²) in [6, 6.07) is 10.1. The summed E-state index contributed by atoms with van der Waals surface area (Å²) in [6.07, 6.45) is 0. The van der Waals surface area contributed by atoms with Gasteiger partial charge in [0.2, 0.25) is 0 Å². The molecule has 0 saturated carbocycles. The minimum Gasteiger partial charge on any atom is -0.395 e. The van der Waals surface area contributed by atoms with Crippen LogP contribution >= 0.6 is 23.1 Å². The van der Waals surface area contributed by atoms with Gasteiger partial charge in [0, 0.05) is 16.6 Å². The van der Waals surface area contributed by atoms with E-state index in [2.05, 4.69) is 10.2 Å². The van der Waals surface area contributed by atoms with Crippen molar-refractivity contribution in [2.45, 2.75) is 17.9 Å². The molecule has 1 aromatic carbocycles. The molecule has 2 aromatic rings. The molecule has 0 saturated heterocycles. The van der Waals surface area contributed by atoms with Crippen LogP contribution in [0.2, 0.25) is 0 Å². The third kappa shape index (κ3) is 3.52. The van der Waals surface area contributed by atoms with Gasteiger partial charge in [-0.05, 0) is 0 Å². The number of aromatic nitrogens is 2. The molecule has 1 N–H and O–H groups in total. The molecular formula is C12H14N2OS2. The first-order chi connectivity index (χ1) is 8.29. The number of benzene rings is 1. The van der Waals surface area contributed by atoms with Gasteiger partial charge in [0.15, 0.2) is 0 Å². The molecule has 5 heteroatoms. The van der Waals surface area contributed by atoms with Crippen molar-refractivity contribution in [2.75, 3.05) is 6.61 Å². The summed E-state index contributed by atoms with van der Waals surface area (Å²) in [7, 11) is 0. The highest BCUT2D eigenvalue weighted by molar-refractivity contribution is 7.99. The van der Waals surface area contributed by atoms with Gasteiger partial charge in [0.05, 0.1) is 6.61 Å². The number of thioether (sulfide) groups is 1. The van der Waals surface area contributed by atoms with E-state index in [9.17, 15) is 0 Å². The van der Waals surface area contributed by atoms with E-state index in [1.807, 2.05) is 37.3 Å². The minimum atomic E-state index is 0.203. The largest absolute Gasteiger partial charge is 0.395 e. The van der Waals surface area contributed by atoms with Crippen LogP contribution in [0.5, 0.6) is 0 Å². The number of aliphatic hydroxyl groups is 1. The maximum Gasteiger partial charge on any atom is 0.147 e. The highest BCUT2D eigenvalue weighted by atomic mass is 32.2. The topological polar surface area (TPSA) is 46.0 Å². The van der Waals surface area contributed by atoms with E-state index in [1.165, 1.54) is 0 Å². The molecule has 0 unspecified atom stereocenters. The fourth-order valence-electron chi connectivity index (χ4n) is 1.28. The van der Waals surface area contributed by atoms with E-state index < -0.39 is 0 Å². The van der Waals surface area contributed by atoms with Crippen LogP contribution in [-0.2, 0) is 5.75 Å². The lowest BCUT2D eigenvalue weighted by atomic mass is 10.2. The van der Waals surface area contributed by atoms with E-state index >= 15 is 0 Å². The number of nitrogens with zero attached hydrogens (tertiary/aromatic N) is 2. The van der Waals surface area contributed by atoms with Crippen LogP contribution in [0.3, 0.4) is 0 Å². The summed E-state index contributed by atoms with van der Waals surface area (Å²) in [5.41, 5.74) is 1.11. The SMILES string of the molecule is C[C@H](CO)SCc1nnc(-c2ccccc2)s1. The molecule has 1 atom stereocenters. The lowest BCUT2D eigenvalue weighted by molar-refractivity contribution is 0.300. The minimum absolute atomic E-state index is 0.203. The summed E-state index contributed by atoms with van der Waals surface area (Å²) in [5, 5.41) is 19.5. The van der Waals surface area contributed by atoms with E-state index in [1.54, 1.807) is 23.1 Å². The maximum absolute atomic E-state index is 8.94. The first kappa shape index (κ1) is 12.5. The van der Waals surface area contributed by atoms with E-state index in [0.29, 0.717) is 0 Å². The van der Waals surface area contributed by atoms with Crippen molar-refractivity contribution in [1.82, 2.24) is 10.2 Å². The molecule has 0 radical (unpaired) electrons. The van der Waals surface area contributed by atoms with Crippen LogP contribution in [0.1, 0.15) is 11.9 Å². The van der Waals surface area contributed by atoms with Crippen molar-refractivity contribution in [3.63, 3.8) is 0 Å². The van der Waals surface area contributed by atoms with Gasteiger partial charge in [-0.1, -0.05) is 48.6 Å². The fourth-order valence-corrected chi connectivity index (χ4v) is 2.95. The Morgan fingerprint density at radius 1 is 1.29 bits per heavy atom. The summed E-state index contributed by atoms with van der Waals surface area (Å²) in [5.74, 6) is 0.812. The molecule has 3 nitrogen and oxygen atoms in total. The molecule has 0 aliphatic rings. The molecule has 17 heavy (non-hydrogen) atoms. The Kier molecular flexibility index (Phi) is 4.53. The van der Waals surface area contributed by atoms with Crippen LogP contribution < -0.4 is 0 Å². The lowest BCUT2D eigenvalue weighted by Crippen LogP contribution is -2.02. The first-order valence-electron chi connectivity index (χ1n) is 5.40. The van der Waals surface area contributed by atoms with Crippen molar-refractivity contribution in [2.24, 2.45) is 0 Å². The molecule has 90 valence electrons. The van der Waals surface area contributed by atoms with Crippen molar-refractivity contribution in [3.05, 3.63) is 35.3 Å². The molecule has 0 aliphatic heterocycles. The molecule has 0 amide bonds. The Morgan fingerprint density at radius 3 is 2.76 bits per heavy atom. The summed E-state index contributed by atoms with van der Waals surface area (Å²) in [6.45, 7) is 2.21. The first-order valence-corrected chi connectivity index (χ1v) is 7.26. The molecule has 0 fully saturated rings. The molecule has 1 aromatic heterocycles.